The minimum atomic E-state index is -4.53. The molecule has 0 spiro atoms. The first-order chi connectivity index (χ1) is 10.3. The molecule has 122 valence electrons. The van der Waals surface area contributed by atoms with E-state index in [0.717, 1.165) is 0 Å². The molecule has 1 aromatic rings. The van der Waals surface area contributed by atoms with Crippen LogP contribution in [0.25, 0.3) is 0 Å². The Balaban J connectivity index is 2.42. The molecule has 3 N–H and O–H groups in total. The average Bonchev–Trinajstić information content (AvgIpc) is 2.44. The lowest BCUT2D eigenvalue weighted by Gasteiger charge is -2.12. The number of halogens is 3. The number of hydrogen-bond donors (Lipinski definition) is 3. The lowest BCUT2D eigenvalue weighted by Crippen LogP contribution is -2.45. The molecule has 22 heavy (non-hydrogen) atoms. The third-order valence-corrected chi connectivity index (χ3v) is 2.33. The fourth-order valence-electron chi connectivity index (χ4n) is 1.47. The zero-order valence-electron chi connectivity index (χ0n) is 11.8. The molecule has 0 atom stereocenters. The number of benzene rings is 1. The molecule has 0 saturated heterocycles. The van der Waals surface area contributed by atoms with Gasteiger partial charge in [0, 0.05) is 0 Å². The van der Waals surface area contributed by atoms with Crippen LogP contribution in [0.4, 0.5) is 23.7 Å². The Kier molecular flexibility index (Phi) is 6.48. The number of alkyl halides is 3. The minimum absolute atomic E-state index is 0.288. The van der Waals surface area contributed by atoms with Crippen LogP contribution in [0.2, 0.25) is 0 Å². The van der Waals surface area contributed by atoms with Crippen LogP contribution < -0.4 is 20.7 Å². The van der Waals surface area contributed by atoms with Gasteiger partial charge in [0.15, 0.2) is 0 Å². The third-order valence-electron chi connectivity index (χ3n) is 2.33. The summed E-state index contributed by atoms with van der Waals surface area (Å²) in [6.07, 6.45) is -4.53. The number of ether oxygens (including phenoxy) is 1. The van der Waals surface area contributed by atoms with Gasteiger partial charge < -0.3 is 15.4 Å². The second-order valence-electron chi connectivity index (χ2n) is 4.13. The quantitative estimate of drug-likeness (QED) is 0.748. The zero-order chi connectivity index (χ0) is 16.6. The number of urea groups is 1. The van der Waals surface area contributed by atoms with Gasteiger partial charge in [-0.25, -0.2) is 4.79 Å². The summed E-state index contributed by atoms with van der Waals surface area (Å²) in [7, 11) is 0. The van der Waals surface area contributed by atoms with Crippen molar-refractivity contribution in [2.75, 3.05) is 25.0 Å². The van der Waals surface area contributed by atoms with Gasteiger partial charge in [0.25, 0.3) is 0 Å². The molecule has 0 saturated carbocycles. The number of anilines is 1. The van der Waals surface area contributed by atoms with Crippen molar-refractivity contribution in [3.8, 4) is 5.75 Å². The second kappa shape index (κ2) is 8.11. The number of carbonyl (C=O) groups excluding carboxylic acids is 2. The highest BCUT2D eigenvalue weighted by molar-refractivity contribution is 5.96. The van der Waals surface area contributed by atoms with Crippen molar-refractivity contribution >= 4 is 17.6 Å². The second-order valence-corrected chi connectivity index (χ2v) is 4.13. The summed E-state index contributed by atoms with van der Waals surface area (Å²) in [5.74, 6) is -0.245. The summed E-state index contributed by atoms with van der Waals surface area (Å²) in [6.45, 7) is 0.440. The third kappa shape index (κ3) is 6.82. The van der Waals surface area contributed by atoms with E-state index in [2.05, 4.69) is 5.32 Å². The lowest BCUT2D eigenvalue weighted by molar-refractivity contribution is -0.124. The molecular weight excluding hydrogens is 303 g/mol. The fourth-order valence-corrected chi connectivity index (χ4v) is 1.47. The predicted octanol–water partition coefficient (Wildman–Crippen LogP) is 1.89. The molecule has 0 bridgehead atoms. The molecule has 6 nitrogen and oxygen atoms in total. The summed E-state index contributed by atoms with van der Waals surface area (Å²) in [6, 6.07) is 5.63. The number of amides is 3. The first-order valence-corrected chi connectivity index (χ1v) is 6.42. The predicted molar refractivity (Wildman–Crippen MR) is 73.7 cm³/mol. The number of para-hydroxylation sites is 2. The van der Waals surface area contributed by atoms with Crippen molar-refractivity contribution in [3.63, 3.8) is 0 Å². The maximum atomic E-state index is 11.9. The normalized spacial score (nSPS) is 10.7. The van der Waals surface area contributed by atoms with Crippen LogP contribution in [0.5, 0.6) is 5.75 Å². The Morgan fingerprint density at radius 3 is 2.55 bits per heavy atom. The van der Waals surface area contributed by atoms with E-state index in [4.69, 9.17) is 4.74 Å². The van der Waals surface area contributed by atoms with Gasteiger partial charge in [0.1, 0.15) is 12.3 Å². The first kappa shape index (κ1) is 17.6. The molecule has 0 unspecified atom stereocenters. The van der Waals surface area contributed by atoms with Crippen LogP contribution in [-0.2, 0) is 4.79 Å². The Morgan fingerprint density at radius 2 is 1.91 bits per heavy atom. The van der Waals surface area contributed by atoms with Gasteiger partial charge in [0.2, 0.25) is 5.91 Å². The molecule has 9 heteroatoms. The van der Waals surface area contributed by atoms with Crippen molar-refractivity contribution in [2.24, 2.45) is 0 Å². The minimum Gasteiger partial charge on any atom is -0.492 e. The number of nitrogens with one attached hydrogen (secondary N) is 3. The van der Waals surface area contributed by atoms with E-state index in [1.165, 1.54) is 5.32 Å². The van der Waals surface area contributed by atoms with Crippen molar-refractivity contribution < 1.29 is 27.5 Å². The SMILES string of the molecule is CCOc1ccccc1NCC(=O)NC(=O)NCC(F)(F)F. The summed E-state index contributed by atoms with van der Waals surface area (Å²) >= 11 is 0. The lowest BCUT2D eigenvalue weighted by atomic mass is 10.3. The Labute approximate surface area is 125 Å². The summed E-state index contributed by atoms with van der Waals surface area (Å²) in [5.41, 5.74) is 0.537. The van der Waals surface area contributed by atoms with Crippen molar-refractivity contribution in [1.82, 2.24) is 10.6 Å². The van der Waals surface area contributed by atoms with Crippen molar-refractivity contribution in [1.29, 1.82) is 0 Å². The first-order valence-electron chi connectivity index (χ1n) is 6.42. The van der Waals surface area contributed by atoms with E-state index in [1.54, 1.807) is 36.5 Å². The monoisotopic (exact) mass is 319 g/mol. The number of hydrogen-bond acceptors (Lipinski definition) is 4. The van der Waals surface area contributed by atoms with Crippen LogP contribution in [0.3, 0.4) is 0 Å². The van der Waals surface area contributed by atoms with Gasteiger partial charge in [-0.15, -0.1) is 0 Å². The Bertz CT molecular complexity index is 521. The molecule has 0 aliphatic carbocycles. The Morgan fingerprint density at radius 1 is 1.23 bits per heavy atom. The van der Waals surface area contributed by atoms with Crippen LogP contribution >= 0.6 is 0 Å². The molecule has 0 aromatic heterocycles. The van der Waals surface area contributed by atoms with E-state index < -0.39 is 24.7 Å². The van der Waals surface area contributed by atoms with Crippen LogP contribution in [0, 0.1) is 0 Å². The largest absolute Gasteiger partial charge is 0.492 e. The smallest absolute Gasteiger partial charge is 0.405 e. The molecular formula is C13H16F3N3O3. The number of carbonyl (C=O) groups is 2. The van der Waals surface area contributed by atoms with Crippen molar-refractivity contribution in [3.05, 3.63) is 24.3 Å². The van der Waals surface area contributed by atoms with Gasteiger partial charge >= 0.3 is 12.2 Å². The number of imide groups is 1. The van der Waals surface area contributed by atoms with Crippen molar-refractivity contribution in [2.45, 2.75) is 13.1 Å². The van der Waals surface area contributed by atoms with Gasteiger partial charge in [-0.1, -0.05) is 12.1 Å². The molecule has 0 aliphatic heterocycles. The summed E-state index contributed by atoms with van der Waals surface area (Å²) in [4.78, 5) is 22.5. The van der Waals surface area contributed by atoms with E-state index in [9.17, 15) is 22.8 Å². The molecule has 0 radical (unpaired) electrons. The summed E-state index contributed by atoms with van der Waals surface area (Å²) < 4.78 is 41.0. The van der Waals surface area contributed by atoms with Crippen LogP contribution in [0.1, 0.15) is 6.92 Å². The van der Waals surface area contributed by atoms with Gasteiger partial charge in [-0.05, 0) is 19.1 Å². The average molecular weight is 319 g/mol. The molecule has 3 amide bonds. The maximum absolute atomic E-state index is 11.9. The Hall–Kier alpha value is -2.45. The van der Waals surface area contributed by atoms with E-state index in [-0.39, 0.29) is 6.54 Å². The molecule has 0 aliphatic rings. The standard InChI is InChI=1S/C13H16F3N3O3/c1-2-22-10-6-4-3-5-9(10)17-7-11(20)19-12(21)18-8-13(14,15)16/h3-6,17H,2,7-8H2,1H3,(H2,18,19,20,21). The topological polar surface area (TPSA) is 79.5 Å². The van der Waals surface area contributed by atoms with E-state index in [1.807, 2.05) is 0 Å². The molecule has 1 aromatic carbocycles. The highest BCUT2D eigenvalue weighted by Gasteiger charge is 2.27. The highest BCUT2D eigenvalue weighted by atomic mass is 19.4. The zero-order valence-corrected chi connectivity index (χ0v) is 11.8. The highest BCUT2D eigenvalue weighted by Crippen LogP contribution is 2.23. The summed E-state index contributed by atoms with van der Waals surface area (Å²) in [5, 5.41) is 6.05. The van der Waals surface area contributed by atoms with Gasteiger partial charge in [0.05, 0.1) is 18.8 Å². The van der Waals surface area contributed by atoms with Crippen LogP contribution in [0.15, 0.2) is 24.3 Å². The number of rotatable bonds is 6. The molecule has 0 heterocycles. The maximum Gasteiger partial charge on any atom is 0.405 e. The van der Waals surface area contributed by atoms with Gasteiger partial charge in [-0.2, -0.15) is 13.2 Å². The molecule has 1 rings (SSSR count). The fraction of sp³-hybridized carbons (Fsp3) is 0.385. The van der Waals surface area contributed by atoms with Crippen LogP contribution in [-0.4, -0.2) is 37.8 Å². The van der Waals surface area contributed by atoms with E-state index >= 15 is 0 Å². The molecule has 0 fully saturated rings. The van der Waals surface area contributed by atoms with Gasteiger partial charge in [-0.3, -0.25) is 10.1 Å². The van der Waals surface area contributed by atoms with E-state index in [0.29, 0.717) is 18.0 Å².